The van der Waals surface area contributed by atoms with Crippen LogP contribution >= 0.6 is 11.8 Å². The van der Waals surface area contributed by atoms with Gasteiger partial charge in [0, 0.05) is 11.3 Å². The predicted octanol–water partition coefficient (Wildman–Crippen LogP) is 3.94. The lowest BCUT2D eigenvalue weighted by Gasteiger charge is -2.23. The Kier molecular flexibility index (Phi) is 2.86. The van der Waals surface area contributed by atoms with Crippen molar-refractivity contribution in [3.05, 3.63) is 54.1 Å². The van der Waals surface area contributed by atoms with Crippen LogP contribution in [0.1, 0.15) is 12.0 Å². The fourth-order valence-corrected chi connectivity index (χ4v) is 3.99. The molecule has 1 unspecified atom stereocenters. The summed E-state index contributed by atoms with van der Waals surface area (Å²) in [5.74, 6) is 0.999. The zero-order chi connectivity index (χ0) is 14.4. The lowest BCUT2D eigenvalue weighted by atomic mass is 10.2. The van der Waals surface area contributed by atoms with Crippen molar-refractivity contribution in [3.63, 3.8) is 0 Å². The highest BCUT2D eigenvalue weighted by Crippen LogP contribution is 2.43. The van der Waals surface area contributed by atoms with Gasteiger partial charge in [-0.2, -0.15) is 0 Å². The number of hydrogen-bond acceptors (Lipinski definition) is 3. The second kappa shape index (κ2) is 4.74. The van der Waals surface area contributed by atoms with Crippen molar-refractivity contribution < 1.29 is 4.79 Å². The van der Waals surface area contributed by atoms with Gasteiger partial charge in [0.15, 0.2) is 0 Å². The van der Waals surface area contributed by atoms with Gasteiger partial charge in [-0.3, -0.25) is 9.69 Å². The molecule has 2 aromatic carbocycles. The number of aryl methyl sites for hydroxylation is 1. The first-order valence-corrected chi connectivity index (χ1v) is 7.84. The molecule has 0 aliphatic carbocycles. The molecule has 2 aromatic rings. The van der Waals surface area contributed by atoms with Crippen molar-refractivity contribution >= 4 is 34.9 Å². The molecule has 0 radical (unpaired) electrons. The number of para-hydroxylation sites is 1. The van der Waals surface area contributed by atoms with Crippen LogP contribution in [0.25, 0.3) is 0 Å². The standard InChI is InChI=1S/C17H14N2OS/c1-11-5-4-6-12(9-11)19-16(20)10-15-17(19)18-13-7-2-3-8-14(13)21-15/h2-9,15H,10H2,1H3. The third kappa shape index (κ3) is 2.07. The van der Waals surface area contributed by atoms with E-state index < -0.39 is 0 Å². The summed E-state index contributed by atoms with van der Waals surface area (Å²) in [6, 6.07) is 16.1. The molecule has 0 saturated carbocycles. The molecule has 2 aliphatic rings. The second-order valence-corrected chi connectivity index (χ2v) is 6.56. The maximum absolute atomic E-state index is 12.4. The van der Waals surface area contributed by atoms with Crippen LogP contribution in [0.2, 0.25) is 0 Å². The molecule has 4 rings (SSSR count). The molecule has 4 heteroatoms. The lowest BCUT2D eigenvalue weighted by molar-refractivity contribution is -0.116. The van der Waals surface area contributed by atoms with E-state index in [1.54, 1.807) is 16.7 Å². The summed E-state index contributed by atoms with van der Waals surface area (Å²) in [5.41, 5.74) is 3.02. The topological polar surface area (TPSA) is 32.7 Å². The van der Waals surface area contributed by atoms with Crippen LogP contribution in [0, 0.1) is 6.92 Å². The maximum Gasteiger partial charge on any atom is 0.234 e. The van der Waals surface area contributed by atoms with E-state index in [-0.39, 0.29) is 11.2 Å². The van der Waals surface area contributed by atoms with Crippen LogP contribution in [0.4, 0.5) is 11.4 Å². The Morgan fingerprint density at radius 1 is 1.19 bits per heavy atom. The van der Waals surface area contributed by atoms with Crippen LogP contribution in [-0.4, -0.2) is 17.0 Å². The number of anilines is 1. The third-order valence-corrected chi connectivity index (χ3v) is 5.02. The average molecular weight is 294 g/mol. The van der Waals surface area contributed by atoms with Gasteiger partial charge in [-0.1, -0.05) is 24.3 Å². The minimum absolute atomic E-state index is 0.129. The highest BCUT2D eigenvalue weighted by atomic mass is 32.2. The Morgan fingerprint density at radius 3 is 2.90 bits per heavy atom. The zero-order valence-electron chi connectivity index (χ0n) is 11.6. The van der Waals surface area contributed by atoms with Crippen molar-refractivity contribution in [3.8, 4) is 0 Å². The molecule has 0 N–H and O–H groups in total. The summed E-state index contributed by atoms with van der Waals surface area (Å²) in [4.78, 5) is 20.1. The molecule has 3 nitrogen and oxygen atoms in total. The number of carbonyl (C=O) groups is 1. The molecule has 2 heterocycles. The molecule has 1 atom stereocenters. The average Bonchev–Trinajstić information content (AvgIpc) is 2.79. The number of rotatable bonds is 1. The van der Waals surface area contributed by atoms with E-state index in [2.05, 4.69) is 6.07 Å². The van der Waals surface area contributed by atoms with Gasteiger partial charge >= 0.3 is 0 Å². The van der Waals surface area contributed by atoms with Crippen LogP contribution in [-0.2, 0) is 4.79 Å². The smallest absolute Gasteiger partial charge is 0.234 e. The van der Waals surface area contributed by atoms with E-state index in [9.17, 15) is 4.79 Å². The van der Waals surface area contributed by atoms with Crippen LogP contribution in [0.3, 0.4) is 0 Å². The summed E-state index contributed by atoms with van der Waals surface area (Å²) in [5, 5.41) is 0.132. The first kappa shape index (κ1) is 12.7. The van der Waals surface area contributed by atoms with Crippen molar-refractivity contribution in [2.75, 3.05) is 4.90 Å². The van der Waals surface area contributed by atoms with Gasteiger partial charge in [-0.05, 0) is 36.8 Å². The number of benzene rings is 2. The van der Waals surface area contributed by atoms with Crippen molar-refractivity contribution in [1.29, 1.82) is 0 Å². The molecule has 104 valence electrons. The van der Waals surface area contributed by atoms with Gasteiger partial charge in [0.1, 0.15) is 5.84 Å². The fraction of sp³-hybridized carbons (Fsp3) is 0.176. The first-order chi connectivity index (χ1) is 10.2. The predicted molar refractivity (Wildman–Crippen MR) is 86.5 cm³/mol. The highest BCUT2D eigenvalue weighted by Gasteiger charge is 2.40. The monoisotopic (exact) mass is 294 g/mol. The van der Waals surface area contributed by atoms with Crippen molar-refractivity contribution in [1.82, 2.24) is 0 Å². The van der Waals surface area contributed by atoms with E-state index in [1.165, 1.54) is 0 Å². The number of amidine groups is 1. The Morgan fingerprint density at radius 2 is 2.05 bits per heavy atom. The Bertz CT molecular complexity index is 769. The number of amides is 1. The van der Waals surface area contributed by atoms with Gasteiger partial charge in [0.2, 0.25) is 5.91 Å². The minimum Gasteiger partial charge on any atom is -0.274 e. The van der Waals surface area contributed by atoms with Crippen molar-refractivity contribution in [2.24, 2.45) is 4.99 Å². The number of thioether (sulfide) groups is 1. The molecule has 0 bridgehead atoms. The van der Waals surface area contributed by atoms with E-state index in [1.807, 2.05) is 49.4 Å². The van der Waals surface area contributed by atoms with Gasteiger partial charge in [0.25, 0.3) is 0 Å². The maximum atomic E-state index is 12.4. The van der Waals surface area contributed by atoms with Gasteiger partial charge < -0.3 is 0 Å². The number of hydrogen-bond donors (Lipinski definition) is 0. The lowest BCUT2D eigenvalue weighted by Crippen LogP contribution is -2.32. The Hall–Kier alpha value is -2.07. The molecule has 0 aromatic heterocycles. The summed E-state index contributed by atoms with van der Waals surface area (Å²) >= 11 is 1.74. The van der Waals surface area contributed by atoms with E-state index in [0.717, 1.165) is 27.7 Å². The molecule has 1 saturated heterocycles. The SMILES string of the molecule is Cc1cccc(N2C(=O)CC3Sc4ccccc4N=C32)c1. The number of aliphatic imine (C=N–C) groups is 1. The number of nitrogens with zero attached hydrogens (tertiary/aromatic N) is 2. The van der Waals surface area contributed by atoms with Crippen LogP contribution in [0.15, 0.2) is 58.4 Å². The summed E-state index contributed by atoms with van der Waals surface area (Å²) in [6.07, 6.45) is 0.520. The third-order valence-electron chi connectivity index (χ3n) is 3.76. The zero-order valence-corrected chi connectivity index (χ0v) is 12.4. The van der Waals surface area contributed by atoms with Crippen LogP contribution in [0.5, 0.6) is 0 Å². The molecule has 2 aliphatic heterocycles. The summed E-state index contributed by atoms with van der Waals surface area (Å²) in [7, 11) is 0. The van der Waals surface area contributed by atoms with Gasteiger partial charge in [0.05, 0.1) is 16.6 Å². The van der Waals surface area contributed by atoms with Crippen molar-refractivity contribution in [2.45, 2.75) is 23.5 Å². The highest BCUT2D eigenvalue weighted by molar-refractivity contribution is 8.01. The number of carbonyl (C=O) groups excluding carboxylic acids is 1. The summed E-state index contributed by atoms with van der Waals surface area (Å²) in [6.45, 7) is 2.04. The second-order valence-electron chi connectivity index (χ2n) is 5.32. The molecule has 1 amide bonds. The Balaban J connectivity index is 1.82. The van der Waals surface area contributed by atoms with Gasteiger partial charge in [-0.15, -0.1) is 11.8 Å². The summed E-state index contributed by atoms with van der Waals surface area (Å²) < 4.78 is 0. The Labute approximate surface area is 127 Å². The fourth-order valence-electron chi connectivity index (χ4n) is 2.80. The number of fused-ring (bicyclic) bond motifs is 2. The van der Waals surface area contributed by atoms with E-state index in [0.29, 0.717) is 6.42 Å². The minimum atomic E-state index is 0.129. The van der Waals surface area contributed by atoms with Crippen LogP contribution < -0.4 is 4.90 Å². The molecular weight excluding hydrogens is 280 g/mol. The largest absolute Gasteiger partial charge is 0.274 e. The molecule has 1 fully saturated rings. The molecule has 21 heavy (non-hydrogen) atoms. The van der Waals surface area contributed by atoms with E-state index in [4.69, 9.17) is 4.99 Å². The normalized spacial score (nSPS) is 20.0. The molecule has 0 spiro atoms. The molecular formula is C17H14N2OS. The van der Waals surface area contributed by atoms with Gasteiger partial charge in [-0.25, -0.2) is 4.99 Å². The first-order valence-electron chi connectivity index (χ1n) is 6.96. The quantitative estimate of drug-likeness (QED) is 0.798. The van der Waals surface area contributed by atoms with E-state index >= 15 is 0 Å².